The summed E-state index contributed by atoms with van der Waals surface area (Å²) >= 11 is 12.8. The highest BCUT2D eigenvalue weighted by atomic mass is 35.5. The molecule has 0 fully saturated rings. The Bertz CT molecular complexity index is 992. The maximum absolute atomic E-state index is 12.1. The van der Waals surface area contributed by atoms with E-state index in [0.29, 0.717) is 15.9 Å². The highest BCUT2D eigenvalue weighted by Gasteiger charge is 2.14. The highest BCUT2D eigenvalue weighted by molar-refractivity contribution is 7.99. The summed E-state index contributed by atoms with van der Waals surface area (Å²) in [5, 5.41) is 14.7. The lowest BCUT2D eigenvalue weighted by molar-refractivity contribution is -0.384. The predicted octanol–water partition coefficient (Wildman–Crippen LogP) is 5.02. The Hall–Kier alpha value is -2.55. The standard InChI is InChI=1S/C17H12Cl2N4O3S/c18-11-3-1-10(2-4-11)14-8-20-17(22-14)27-9-16(24)21-12-5-6-13(19)15(7-12)23(25)26/h1-8H,9H2,(H,20,22)(H,21,24). The van der Waals surface area contributed by atoms with E-state index in [4.69, 9.17) is 23.2 Å². The first-order valence-electron chi connectivity index (χ1n) is 7.60. The molecule has 0 unspecified atom stereocenters. The monoisotopic (exact) mass is 422 g/mol. The number of amides is 1. The third-order valence-corrected chi connectivity index (χ3v) is 4.93. The molecule has 138 valence electrons. The third kappa shape index (κ3) is 5.00. The molecule has 3 rings (SSSR count). The fraction of sp³-hybridized carbons (Fsp3) is 0.0588. The number of imidazole rings is 1. The number of carbonyl (C=O) groups is 1. The van der Waals surface area contributed by atoms with Crippen LogP contribution in [0.2, 0.25) is 10.0 Å². The number of hydrogen-bond donors (Lipinski definition) is 2. The highest BCUT2D eigenvalue weighted by Crippen LogP contribution is 2.28. The number of benzene rings is 2. The number of nitro benzene ring substituents is 1. The smallest absolute Gasteiger partial charge is 0.289 e. The number of nitrogens with zero attached hydrogens (tertiary/aromatic N) is 2. The zero-order valence-corrected chi connectivity index (χ0v) is 15.9. The Kier molecular flexibility index (Phi) is 6.00. The van der Waals surface area contributed by atoms with Crippen LogP contribution in [0.15, 0.2) is 53.8 Å². The van der Waals surface area contributed by atoms with E-state index in [1.807, 2.05) is 12.1 Å². The summed E-state index contributed by atoms with van der Waals surface area (Å²) in [6.07, 6.45) is 1.67. The Morgan fingerprint density at radius 1 is 1.22 bits per heavy atom. The Morgan fingerprint density at radius 3 is 2.67 bits per heavy atom. The summed E-state index contributed by atoms with van der Waals surface area (Å²) in [4.78, 5) is 29.7. The SMILES string of the molecule is O=C(CSc1ncc(-c2ccc(Cl)cc2)[nH]1)Nc1ccc(Cl)c([N+](=O)[O-])c1. The van der Waals surface area contributed by atoms with Crippen LogP contribution in [-0.2, 0) is 4.79 Å². The second kappa shape index (κ2) is 8.43. The van der Waals surface area contributed by atoms with Crippen molar-refractivity contribution in [2.75, 3.05) is 11.1 Å². The molecule has 0 radical (unpaired) electrons. The number of rotatable bonds is 6. The number of aromatic nitrogens is 2. The van der Waals surface area contributed by atoms with Crippen molar-refractivity contribution in [3.8, 4) is 11.3 Å². The first kappa shape index (κ1) is 19.2. The minimum atomic E-state index is -0.603. The zero-order valence-electron chi connectivity index (χ0n) is 13.6. The summed E-state index contributed by atoms with van der Waals surface area (Å²) in [7, 11) is 0. The van der Waals surface area contributed by atoms with Gasteiger partial charge in [0, 0.05) is 16.8 Å². The topological polar surface area (TPSA) is 101 Å². The molecule has 0 saturated carbocycles. The van der Waals surface area contributed by atoms with E-state index in [9.17, 15) is 14.9 Å². The number of nitrogens with one attached hydrogen (secondary N) is 2. The molecule has 1 aromatic heterocycles. The fourth-order valence-corrected chi connectivity index (χ4v) is 3.18. The average Bonchev–Trinajstić information content (AvgIpc) is 3.11. The van der Waals surface area contributed by atoms with E-state index in [0.717, 1.165) is 11.3 Å². The molecule has 10 heteroatoms. The van der Waals surface area contributed by atoms with Crippen LogP contribution >= 0.6 is 35.0 Å². The van der Waals surface area contributed by atoms with Gasteiger partial charge in [0.05, 0.1) is 22.6 Å². The van der Waals surface area contributed by atoms with E-state index in [1.165, 1.54) is 30.0 Å². The van der Waals surface area contributed by atoms with E-state index < -0.39 is 4.92 Å². The van der Waals surface area contributed by atoms with Crippen LogP contribution in [0.25, 0.3) is 11.3 Å². The normalized spacial score (nSPS) is 10.6. The molecule has 0 aliphatic heterocycles. The lowest BCUT2D eigenvalue weighted by Gasteiger charge is -2.05. The molecule has 1 heterocycles. The molecule has 0 aliphatic carbocycles. The second-order valence-electron chi connectivity index (χ2n) is 5.37. The van der Waals surface area contributed by atoms with Crippen molar-refractivity contribution in [3.05, 3.63) is 68.8 Å². The van der Waals surface area contributed by atoms with Gasteiger partial charge in [-0.3, -0.25) is 14.9 Å². The van der Waals surface area contributed by atoms with Gasteiger partial charge in [0.2, 0.25) is 5.91 Å². The molecule has 0 bridgehead atoms. The summed E-state index contributed by atoms with van der Waals surface area (Å²) < 4.78 is 0. The molecule has 0 saturated heterocycles. The maximum Gasteiger partial charge on any atom is 0.289 e. The molecular weight excluding hydrogens is 411 g/mol. The zero-order chi connectivity index (χ0) is 19.4. The van der Waals surface area contributed by atoms with Gasteiger partial charge in [-0.1, -0.05) is 47.1 Å². The number of hydrogen-bond acceptors (Lipinski definition) is 5. The Morgan fingerprint density at radius 2 is 1.96 bits per heavy atom. The molecule has 1 amide bonds. The van der Waals surface area contributed by atoms with Crippen molar-refractivity contribution in [3.63, 3.8) is 0 Å². The summed E-state index contributed by atoms with van der Waals surface area (Å²) in [5.41, 5.74) is 1.78. The number of H-pyrrole nitrogens is 1. The van der Waals surface area contributed by atoms with Crippen molar-refractivity contribution < 1.29 is 9.72 Å². The minimum Gasteiger partial charge on any atom is -0.333 e. The van der Waals surface area contributed by atoms with Gasteiger partial charge in [0.25, 0.3) is 5.69 Å². The van der Waals surface area contributed by atoms with E-state index >= 15 is 0 Å². The van der Waals surface area contributed by atoms with Crippen LogP contribution in [0.4, 0.5) is 11.4 Å². The quantitative estimate of drug-likeness (QED) is 0.329. The number of anilines is 1. The van der Waals surface area contributed by atoms with Gasteiger partial charge in [0.1, 0.15) is 5.02 Å². The molecule has 3 aromatic rings. The van der Waals surface area contributed by atoms with Gasteiger partial charge in [-0.05, 0) is 29.8 Å². The first-order valence-corrected chi connectivity index (χ1v) is 9.34. The van der Waals surface area contributed by atoms with Gasteiger partial charge in [-0.25, -0.2) is 4.98 Å². The van der Waals surface area contributed by atoms with Crippen LogP contribution in [0.5, 0.6) is 0 Å². The van der Waals surface area contributed by atoms with E-state index in [-0.39, 0.29) is 22.4 Å². The molecule has 7 nitrogen and oxygen atoms in total. The second-order valence-corrected chi connectivity index (χ2v) is 7.18. The number of carbonyl (C=O) groups excluding carboxylic acids is 1. The van der Waals surface area contributed by atoms with Crippen molar-refractivity contribution in [1.82, 2.24) is 9.97 Å². The Labute approximate surface area is 168 Å². The van der Waals surface area contributed by atoms with Gasteiger partial charge in [-0.15, -0.1) is 0 Å². The third-order valence-electron chi connectivity index (χ3n) is 3.47. The van der Waals surface area contributed by atoms with Crippen LogP contribution in [0.1, 0.15) is 0 Å². The lowest BCUT2D eigenvalue weighted by atomic mass is 10.2. The summed E-state index contributed by atoms with van der Waals surface area (Å²) in [5.74, 6) is -0.231. The number of nitro groups is 1. The molecule has 27 heavy (non-hydrogen) atoms. The number of halogens is 2. The molecule has 2 N–H and O–H groups in total. The van der Waals surface area contributed by atoms with Crippen LogP contribution < -0.4 is 5.32 Å². The van der Waals surface area contributed by atoms with Gasteiger partial charge >= 0.3 is 0 Å². The minimum absolute atomic E-state index is 0.0117. The van der Waals surface area contributed by atoms with Crippen molar-refractivity contribution in [2.24, 2.45) is 0 Å². The molecule has 0 atom stereocenters. The average molecular weight is 423 g/mol. The lowest BCUT2D eigenvalue weighted by Crippen LogP contribution is -2.14. The summed E-state index contributed by atoms with van der Waals surface area (Å²) in [6.45, 7) is 0. The van der Waals surface area contributed by atoms with Gasteiger partial charge in [0.15, 0.2) is 5.16 Å². The van der Waals surface area contributed by atoms with Gasteiger partial charge in [-0.2, -0.15) is 0 Å². The van der Waals surface area contributed by atoms with Crippen molar-refractivity contribution in [2.45, 2.75) is 5.16 Å². The van der Waals surface area contributed by atoms with E-state index in [1.54, 1.807) is 18.3 Å². The van der Waals surface area contributed by atoms with Crippen molar-refractivity contribution in [1.29, 1.82) is 0 Å². The number of thioether (sulfide) groups is 1. The van der Waals surface area contributed by atoms with Crippen LogP contribution in [0, 0.1) is 10.1 Å². The Balaban J connectivity index is 1.59. The van der Waals surface area contributed by atoms with E-state index in [2.05, 4.69) is 15.3 Å². The molecule has 2 aromatic carbocycles. The van der Waals surface area contributed by atoms with Crippen LogP contribution in [0.3, 0.4) is 0 Å². The maximum atomic E-state index is 12.1. The first-order chi connectivity index (χ1) is 12.9. The van der Waals surface area contributed by atoms with Crippen molar-refractivity contribution >= 4 is 52.2 Å². The summed E-state index contributed by atoms with van der Waals surface area (Å²) in [6, 6.07) is 11.4. The molecule has 0 spiro atoms. The fourth-order valence-electron chi connectivity index (χ4n) is 2.21. The molecule has 0 aliphatic rings. The molecular formula is C17H12Cl2N4O3S. The van der Waals surface area contributed by atoms with Crippen LogP contribution in [-0.4, -0.2) is 26.6 Å². The largest absolute Gasteiger partial charge is 0.333 e. The predicted molar refractivity (Wildman–Crippen MR) is 106 cm³/mol. The van der Waals surface area contributed by atoms with Gasteiger partial charge < -0.3 is 10.3 Å². The number of aromatic amines is 1.